The van der Waals surface area contributed by atoms with Gasteiger partial charge in [-0.1, -0.05) is 77.9 Å². The van der Waals surface area contributed by atoms with Crippen LogP contribution < -0.4 is 5.32 Å². The molecule has 79 heavy (non-hydrogen) atoms. The van der Waals surface area contributed by atoms with Crippen molar-refractivity contribution in [1.29, 1.82) is 0 Å². The minimum absolute atomic E-state index is 0.000645. The highest BCUT2D eigenvalue weighted by atomic mass is 16.6. The van der Waals surface area contributed by atoms with Crippen LogP contribution in [0, 0.1) is 35.5 Å². The second kappa shape index (κ2) is 35.2. The minimum Gasteiger partial charge on any atom is -0.461 e. The molecule has 3 aliphatic rings. The number of carbonyl (C=O) groups excluding carboxylic acids is 5. The van der Waals surface area contributed by atoms with Crippen molar-refractivity contribution >= 4 is 35.1 Å². The SMILES string of the molecule is CO[C@@H](C[C@@H]1CC[C@@H](C)[C@](O)(C(=O)C(=O)N2CCCC[C@H]2C(=O)O[C@H](CC[C@@H]2CC[C@@H](O)[C@H](OC)C2)C[C@@H](O)[C@H](C)/C=C(\C)[C@@H](O)[C@@H](OC)/C(=N/OCC(=O)NCCOCCC(C)=O)[C@H](C)CC(C)C)O1)/C(C)=C/C=C/C(C)C. The van der Waals surface area contributed by atoms with Crippen LogP contribution in [0.4, 0.5) is 0 Å². The normalized spacial score (nSPS) is 26.3. The van der Waals surface area contributed by atoms with Gasteiger partial charge >= 0.3 is 5.97 Å². The number of rotatable bonds is 34. The molecule has 3 fully saturated rings. The zero-order chi connectivity index (χ0) is 59.0. The summed E-state index contributed by atoms with van der Waals surface area (Å²) in [5, 5.41) is 53.3. The van der Waals surface area contributed by atoms with Gasteiger partial charge in [-0.15, -0.1) is 0 Å². The Morgan fingerprint density at radius 1 is 0.899 bits per heavy atom. The number of oxime groups is 1. The Hall–Kier alpha value is -3.92. The molecule has 2 amide bonds. The van der Waals surface area contributed by atoms with Crippen molar-refractivity contribution in [1.82, 2.24) is 10.2 Å². The third-order valence-electron chi connectivity index (χ3n) is 15.8. The van der Waals surface area contributed by atoms with Crippen molar-refractivity contribution in [2.75, 3.05) is 54.2 Å². The van der Waals surface area contributed by atoms with Gasteiger partial charge in [-0.2, -0.15) is 0 Å². The standard InChI is InChI=1S/C60H101N3O16/c1-37(2)17-16-18-39(5)51(73-11)35-47-23-20-43(9)60(72,79-47)57(69)58(70)63-28-15-14-19-48(63)59(71)78-46(24-21-45-22-25-49(65)52(33-45)74-12)34-50(66)40(6)32-42(8)55(68)56(75-13)54(41(7)31-38(3)4)62-77-36-53(67)61-27-30-76-29-26-44(10)64/h16-18,32,37-38,40-41,43,45-52,55-56,65-66,68,72H,14-15,19-31,33-36H2,1-13H3,(H,61,67)/b17-16+,39-18+,42-32+,62-54+/t40-,41-,43-,45-,46-,47+,48+,49-,50-,51+,52-,55-,56+,60-/m1/s1. The van der Waals surface area contributed by atoms with E-state index in [0.717, 1.165) is 12.0 Å². The Bertz CT molecular complexity index is 2030. The lowest BCUT2D eigenvalue weighted by molar-refractivity contribution is -0.265. The summed E-state index contributed by atoms with van der Waals surface area (Å²) in [4.78, 5) is 73.5. The Morgan fingerprint density at radius 3 is 2.27 bits per heavy atom. The van der Waals surface area contributed by atoms with Crippen LogP contribution >= 0.6 is 0 Å². The van der Waals surface area contributed by atoms with E-state index in [1.807, 2.05) is 26.0 Å². The summed E-state index contributed by atoms with van der Waals surface area (Å²) in [6.07, 6.45) is 8.16. The number of allylic oxidation sites excluding steroid dienone is 3. The molecule has 0 bridgehead atoms. The summed E-state index contributed by atoms with van der Waals surface area (Å²) in [6, 6.07) is -1.13. The number of aliphatic hydroxyl groups is 4. The molecule has 0 aromatic heterocycles. The van der Waals surface area contributed by atoms with Crippen molar-refractivity contribution in [3.63, 3.8) is 0 Å². The molecular formula is C60H101N3O16. The summed E-state index contributed by atoms with van der Waals surface area (Å²) < 4.78 is 35.1. The van der Waals surface area contributed by atoms with Gasteiger partial charge in [-0.05, 0) is 120 Å². The maximum Gasteiger partial charge on any atom is 0.329 e. The van der Waals surface area contributed by atoms with Crippen LogP contribution in [-0.2, 0) is 57.2 Å². The lowest BCUT2D eigenvalue weighted by Crippen LogP contribution is -2.60. The fourth-order valence-electron chi connectivity index (χ4n) is 10.9. The summed E-state index contributed by atoms with van der Waals surface area (Å²) in [5.74, 6) is -6.49. The topological polar surface area (TPSA) is 259 Å². The van der Waals surface area contributed by atoms with E-state index in [9.17, 15) is 44.4 Å². The zero-order valence-corrected chi connectivity index (χ0v) is 50.0. The molecular weight excluding hydrogens is 1020 g/mol. The number of hydrogen-bond donors (Lipinski definition) is 5. The Labute approximate surface area is 471 Å². The van der Waals surface area contributed by atoms with Crippen LogP contribution in [-0.4, -0.2) is 175 Å². The summed E-state index contributed by atoms with van der Waals surface area (Å²) >= 11 is 0. The third kappa shape index (κ3) is 22.7. The van der Waals surface area contributed by atoms with Gasteiger partial charge in [0.25, 0.3) is 17.6 Å². The van der Waals surface area contributed by atoms with E-state index in [2.05, 4.69) is 44.2 Å². The number of nitrogens with one attached hydrogen (secondary N) is 1. The quantitative estimate of drug-likeness (QED) is 0.00849. The number of ketones is 2. The van der Waals surface area contributed by atoms with E-state index in [1.54, 1.807) is 41.1 Å². The molecule has 5 N–H and O–H groups in total. The fourth-order valence-corrected chi connectivity index (χ4v) is 10.9. The highest BCUT2D eigenvalue weighted by Gasteiger charge is 2.53. The number of methoxy groups -OCH3 is 3. The van der Waals surface area contributed by atoms with E-state index >= 15 is 0 Å². The molecule has 0 spiro atoms. The lowest BCUT2D eigenvalue weighted by Gasteiger charge is -2.42. The van der Waals surface area contributed by atoms with Crippen LogP contribution in [0.5, 0.6) is 0 Å². The van der Waals surface area contributed by atoms with Crippen LogP contribution in [0.1, 0.15) is 159 Å². The van der Waals surface area contributed by atoms with E-state index in [0.29, 0.717) is 87.8 Å². The molecule has 19 heteroatoms. The van der Waals surface area contributed by atoms with Gasteiger partial charge in [-0.3, -0.25) is 19.2 Å². The molecule has 2 aliphatic heterocycles. The van der Waals surface area contributed by atoms with Crippen molar-refractivity contribution < 1.29 is 77.7 Å². The molecule has 0 aromatic rings. The molecule has 19 nitrogen and oxygen atoms in total. The first kappa shape index (κ1) is 69.3. The smallest absolute Gasteiger partial charge is 0.329 e. The minimum atomic E-state index is -2.43. The van der Waals surface area contributed by atoms with Crippen LogP contribution in [0.3, 0.4) is 0 Å². The van der Waals surface area contributed by atoms with Crippen LogP contribution in [0.25, 0.3) is 0 Å². The zero-order valence-electron chi connectivity index (χ0n) is 50.0. The van der Waals surface area contributed by atoms with E-state index in [1.165, 1.54) is 18.9 Å². The van der Waals surface area contributed by atoms with Crippen molar-refractivity contribution in [2.45, 2.75) is 220 Å². The molecule has 1 aliphatic carbocycles. The van der Waals surface area contributed by atoms with E-state index in [-0.39, 0.29) is 74.9 Å². The van der Waals surface area contributed by atoms with Gasteiger partial charge in [0, 0.05) is 71.4 Å². The van der Waals surface area contributed by atoms with Gasteiger partial charge in [0.1, 0.15) is 30.1 Å². The number of esters is 1. The number of amides is 2. The first-order valence-corrected chi connectivity index (χ1v) is 29.0. The van der Waals surface area contributed by atoms with Crippen LogP contribution in [0.2, 0.25) is 0 Å². The monoisotopic (exact) mass is 1120 g/mol. The predicted molar refractivity (Wildman–Crippen MR) is 300 cm³/mol. The molecule has 2 saturated heterocycles. The molecule has 2 heterocycles. The van der Waals surface area contributed by atoms with Crippen LogP contribution in [0.15, 0.2) is 40.6 Å². The van der Waals surface area contributed by atoms with Crippen molar-refractivity contribution in [3.05, 3.63) is 35.5 Å². The van der Waals surface area contributed by atoms with Gasteiger partial charge in [0.05, 0.1) is 49.4 Å². The molecule has 0 aromatic carbocycles. The lowest BCUT2D eigenvalue weighted by atomic mass is 9.81. The number of carbonyl (C=O) groups is 5. The number of hydrogen-bond acceptors (Lipinski definition) is 17. The van der Waals surface area contributed by atoms with Gasteiger partial charge < -0.3 is 63.9 Å². The third-order valence-corrected chi connectivity index (χ3v) is 15.8. The number of piperidine rings is 1. The number of ether oxygens (including phenoxy) is 6. The molecule has 452 valence electrons. The predicted octanol–water partition coefficient (Wildman–Crippen LogP) is 6.75. The second-order valence-electron chi connectivity index (χ2n) is 23.3. The van der Waals surface area contributed by atoms with Gasteiger partial charge in [0.2, 0.25) is 5.79 Å². The first-order valence-electron chi connectivity index (χ1n) is 29.0. The number of Topliss-reactive ketones (excluding diaryl/α,β-unsaturated/α-hetero) is 2. The van der Waals surface area contributed by atoms with E-state index in [4.69, 9.17) is 33.3 Å². The average molecular weight is 1120 g/mol. The number of aliphatic hydroxyl groups excluding tert-OH is 3. The summed E-state index contributed by atoms with van der Waals surface area (Å²) in [7, 11) is 4.61. The maximum atomic E-state index is 14.5. The van der Waals surface area contributed by atoms with Crippen molar-refractivity contribution in [2.24, 2.45) is 40.7 Å². The largest absolute Gasteiger partial charge is 0.461 e. The number of likely N-dealkylation sites (tertiary alicyclic amines) is 1. The Kier molecular flexibility index (Phi) is 30.9. The van der Waals surface area contributed by atoms with Gasteiger partial charge in [-0.25, -0.2) is 4.79 Å². The molecule has 0 radical (unpaired) electrons. The first-order chi connectivity index (χ1) is 37.4. The van der Waals surface area contributed by atoms with Gasteiger partial charge in [0.15, 0.2) is 6.61 Å². The average Bonchev–Trinajstić information content (AvgIpc) is 3.43. The summed E-state index contributed by atoms with van der Waals surface area (Å²) in [6.45, 7) is 19.2. The Balaban J connectivity index is 1.82. The fraction of sp³-hybridized carbons (Fsp3) is 0.800. The summed E-state index contributed by atoms with van der Waals surface area (Å²) in [5.41, 5.74) is 1.80. The number of nitrogens with zero attached hydrogens (tertiary/aromatic N) is 2. The maximum absolute atomic E-state index is 14.5. The Morgan fingerprint density at radius 2 is 1.62 bits per heavy atom. The molecule has 14 atom stereocenters. The highest BCUT2D eigenvalue weighted by Crippen LogP contribution is 2.37. The highest BCUT2D eigenvalue weighted by molar-refractivity contribution is 6.39. The second-order valence-corrected chi connectivity index (χ2v) is 23.3. The molecule has 0 unspecified atom stereocenters. The molecule has 1 saturated carbocycles. The molecule has 3 rings (SSSR count). The van der Waals surface area contributed by atoms with Crippen molar-refractivity contribution in [3.8, 4) is 0 Å². The van der Waals surface area contributed by atoms with E-state index < -0.39 is 90.5 Å².